The van der Waals surface area contributed by atoms with Crippen LogP contribution in [0.5, 0.6) is 0 Å². The molecule has 1 aliphatic carbocycles. The van der Waals surface area contributed by atoms with Crippen molar-refractivity contribution in [1.29, 1.82) is 0 Å². The van der Waals surface area contributed by atoms with Crippen LogP contribution in [0.4, 0.5) is 11.4 Å². The van der Waals surface area contributed by atoms with Gasteiger partial charge in [-0.25, -0.2) is 4.79 Å². The van der Waals surface area contributed by atoms with Crippen LogP contribution in [-0.4, -0.2) is 24.2 Å². The Morgan fingerprint density at radius 2 is 2.22 bits per heavy atom. The molecule has 4 heteroatoms. The van der Waals surface area contributed by atoms with Gasteiger partial charge >= 0.3 is 5.97 Å². The van der Waals surface area contributed by atoms with Crippen molar-refractivity contribution in [2.24, 2.45) is 5.92 Å². The highest BCUT2D eigenvalue weighted by atomic mass is 16.4. The lowest BCUT2D eigenvalue weighted by atomic mass is 9.85. The quantitative estimate of drug-likeness (QED) is 0.786. The Hall–Kier alpha value is -1.71. The first-order valence-electron chi connectivity index (χ1n) is 6.49. The van der Waals surface area contributed by atoms with Crippen molar-refractivity contribution in [2.75, 3.05) is 23.7 Å². The van der Waals surface area contributed by atoms with Gasteiger partial charge in [0.25, 0.3) is 0 Å². The zero-order chi connectivity index (χ0) is 13.1. The summed E-state index contributed by atoms with van der Waals surface area (Å²) in [6.07, 6.45) is 3.86. The molecule has 0 atom stereocenters. The topological polar surface area (TPSA) is 66.6 Å². The van der Waals surface area contributed by atoms with Crippen LogP contribution >= 0.6 is 0 Å². The number of carboxylic acids is 1. The first-order valence-corrected chi connectivity index (χ1v) is 6.49. The zero-order valence-electron chi connectivity index (χ0n) is 10.7. The molecular weight excluding hydrogens is 228 g/mol. The van der Waals surface area contributed by atoms with Crippen molar-refractivity contribution in [1.82, 2.24) is 0 Å². The van der Waals surface area contributed by atoms with E-state index in [0.29, 0.717) is 11.3 Å². The fraction of sp³-hybridized carbons (Fsp3) is 0.500. The zero-order valence-corrected chi connectivity index (χ0v) is 10.7. The predicted octanol–water partition coefficient (Wildman–Crippen LogP) is 2.59. The van der Waals surface area contributed by atoms with Crippen LogP contribution < -0.4 is 10.6 Å². The molecule has 0 saturated heterocycles. The molecule has 1 aromatic rings. The molecule has 1 aromatic carbocycles. The summed E-state index contributed by atoms with van der Waals surface area (Å²) in [7, 11) is 0. The summed E-state index contributed by atoms with van der Waals surface area (Å²) in [4.78, 5) is 13.2. The lowest BCUT2D eigenvalue weighted by Crippen LogP contribution is -2.33. The van der Waals surface area contributed by atoms with E-state index in [1.807, 2.05) is 0 Å². The van der Waals surface area contributed by atoms with Gasteiger partial charge in [-0.05, 0) is 43.9 Å². The molecule has 0 aromatic heterocycles. The highest BCUT2D eigenvalue weighted by molar-refractivity contribution is 5.90. The molecule has 0 heterocycles. The van der Waals surface area contributed by atoms with Crippen LogP contribution in [-0.2, 0) is 0 Å². The summed E-state index contributed by atoms with van der Waals surface area (Å²) >= 11 is 0. The number of hydrogen-bond donors (Lipinski definition) is 2. The Morgan fingerprint density at radius 3 is 2.72 bits per heavy atom. The van der Waals surface area contributed by atoms with Crippen molar-refractivity contribution in [3.8, 4) is 0 Å². The van der Waals surface area contributed by atoms with E-state index in [4.69, 9.17) is 10.8 Å². The van der Waals surface area contributed by atoms with Gasteiger partial charge in [0, 0.05) is 13.1 Å². The number of nitrogen functional groups attached to an aromatic ring is 1. The lowest BCUT2D eigenvalue weighted by molar-refractivity contribution is 0.0697. The molecule has 1 fully saturated rings. The predicted molar refractivity (Wildman–Crippen MR) is 73.0 cm³/mol. The Kier molecular flexibility index (Phi) is 3.75. The Bertz CT molecular complexity index is 441. The summed E-state index contributed by atoms with van der Waals surface area (Å²) in [5, 5.41) is 9.03. The Labute approximate surface area is 107 Å². The van der Waals surface area contributed by atoms with Gasteiger partial charge in [0.1, 0.15) is 0 Å². The van der Waals surface area contributed by atoms with E-state index in [-0.39, 0.29) is 0 Å². The van der Waals surface area contributed by atoms with E-state index in [1.54, 1.807) is 18.2 Å². The first-order chi connectivity index (χ1) is 8.61. The lowest BCUT2D eigenvalue weighted by Gasteiger charge is -2.33. The fourth-order valence-corrected chi connectivity index (χ4v) is 2.34. The maximum atomic E-state index is 11.0. The Balaban J connectivity index is 2.22. The third kappa shape index (κ3) is 2.58. The van der Waals surface area contributed by atoms with E-state index in [2.05, 4.69) is 11.8 Å². The molecule has 2 rings (SSSR count). The van der Waals surface area contributed by atoms with Crippen molar-refractivity contribution in [3.05, 3.63) is 23.8 Å². The average Bonchev–Trinajstić information content (AvgIpc) is 2.29. The normalized spacial score (nSPS) is 15.2. The molecule has 3 N–H and O–H groups in total. The van der Waals surface area contributed by atoms with Crippen LogP contribution in [0.25, 0.3) is 0 Å². The maximum absolute atomic E-state index is 11.0. The molecule has 0 bridgehead atoms. The minimum absolute atomic E-state index is 0.297. The van der Waals surface area contributed by atoms with Crippen molar-refractivity contribution < 1.29 is 9.90 Å². The van der Waals surface area contributed by atoms with Gasteiger partial charge in [-0.1, -0.05) is 6.42 Å². The van der Waals surface area contributed by atoms with Gasteiger partial charge in [-0.3, -0.25) is 0 Å². The monoisotopic (exact) mass is 248 g/mol. The Morgan fingerprint density at radius 1 is 1.50 bits per heavy atom. The molecule has 0 unspecified atom stereocenters. The van der Waals surface area contributed by atoms with E-state index in [1.165, 1.54) is 19.3 Å². The smallest absolute Gasteiger partial charge is 0.335 e. The molecule has 4 nitrogen and oxygen atoms in total. The molecule has 1 saturated carbocycles. The standard InChI is InChI=1S/C14H20N2O2/c1-2-16(9-10-4-3-5-10)13-8-11(14(17)18)6-7-12(13)15/h6-8,10H,2-5,9,15H2,1H3,(H,17,18). The third-order valence-electron chi connectivity index (χ3n) is 3.70. The minimum atomic E-state index is -0.907. The number of rotatable bonds is 5. The van der Waals surface area contributed by atoms with Crippen LogP contribution in [0, 0.1) is 5.92 Å². The molecular formula is C14H20N2O2. The van der Waals surface area contributed by atoms with E-state index >= 15 is 0 Å². The van der Waals surface area contributed by atoms with Crippen molar-refractivity contribution in [2.45, 2.75) is 26.2 Å². The van der Waals surface area contributed by atoms with Gasteiger partial charge in [-0.2, -0.15) is 0 Å². The fourth-order valence-electron chi connectivity index (χ4n) is 2.34. The molecule has 0 aliphatic heterocycles. The summed E-state index contributed by atoms with van der Waals surface area (Å²) in [6, 6.07) is 4.92. The number of anilines is 2. The summed E-state index contributed by atoms with van der Waals surface area (Å²) in [5.41, 5.74) is 7.77. The number of nitrogens with zero attached hydrogens (tertiary/aromatic N) is 1. The highest BCUT2D eigenvalue weighted by Crippen LogP contribution is 2.31. The molecule has 18 heavy (non-hydrogen) atoms. The molecule has 1 aliphatic rings. The van der Waals surface area contributed by atoms with Crippen molar-refractivity contribution in [3.63, 3.8) is 0 Å². The second kappa shape index (κ2) is 5.29. The van der Waals surface area contributed by atoms with Crippen LogP contribution in [0.1, 0.15) is 36.5 Å². The number of carboxylic acid groups (broad SMARTS) is 1. The number of benzene rings is 1. The molecule has 0 radical (unpaired) electrons. The summed E-state index contributed by atoms with van der Waals surface area (Å²) in [5.74, 6) is -0.172. The maximum Gasteiger partial charge on any atom is 0.335 e. The number of aromatic carboxylic acids is 1. The third-order valence-corrected chi connectivity index (χ3v) is 3.70. The summed E-state index contributed by atoms with van der Waals surface area (Å²) < 4.78 is 0. The number of carbonyl (C=O) groups is 1. The van der Waals surface area contributed by atoms with Gasteiger partial charge in [0.15, 0.2) is 0 Å². The molecule has 98 valence electrons. The number of nitrogens with two attached hydrogens (primary N) is 1. The van der Waals surface area contributed by atoms with Gasteiger partial charge in [0.2, 0.25) is 0 Å². The van der Waals surface area contributed by atoms with E-state index in [9.17, 15) is 4.79 Å². The second-order valence-corrected chi connectivity index (χ2v) is 4.91. The van der Waals surface area contributed by atoms with E-state index in [0.717, 1.165) is 24.7 Å². The SMILES string of the molecule is CCN(CC1CCC1)c1cc(C(=O)O)ccc1N. The number of hydrogen-bond acceptors (Lipinski definition) is 3. The minimum Gasteiger partial charge on any atom is -0.478 e. The molecule has 0 amide bonds. The highest BCUT2D eigenvalue weighted by Gasteiger charge is 2.21. The van der Waals surface area contributed by atoms with E-state index < -0.39 is 5.97 Å². The van der Waals surface area contributed by atoms with Crippen molar-refractivity contribution >= 4 is 17.3 Å². The second-order valence-electron chi connectivity index (χ2n) is 4.91. The first kappa shape index (κ1) is 12.7. The van der Waals surface area contributed by atoms with Gasteiger partial charge < -0.3 is 15.7 Å². The van der Waals surface area contributed by atoms with Crippen LogP contribution in [0.15, 0.2) is 18.2 Å². The molecule has 0 spiro atoms. The van der Waals surface area contributed by atoms with Gasteiger partial charge in [0.05, 0.1) is 16.9 Å². The van der Waals surface area contributed by atoms with Gasteiger partial charge in [-0.15, -0.1) is 0 Å². The summed E-state index contributed by atoms with van der Waals surface area (Å²) in [6.45, 7) is 3.90. The average molecular weight is 248 g/mol. The van der Waals surface area contributed by atoms with Crippen LogP contribution in [0.3, 0.4) is 0 Å². The largest absolute Gasteiger partial charge is 0.478 e. The van der Waals surface area contributed by atoms with Crippen LogP contribution in [0.2, 0.25) is 0 Å².